The van der Waals surface area contributed by atoms with E-state index in [0.717, 1.165) is 17.9 Å². The van der Waals surface area contributed by atoms with Gasteiger partial charge in [0, 0.05) is 6.04 Å². The second-order valence-corrected chi connectivity index (χ2v) is 5.44. The predicted octanol–water partition coefficient (Wildman–Crippen LogP) is 4.52. The van der Waals surface area contributed by atoms with E-state index in [1.807, 2.05) is 37.3 Å². The Hall–Kier alpha value is -2.32. The van der Waals surface area contributed by atoms with Gasteiger partial charge in [-0.15, -0.1) is 0 Å². The third-order valence-corrected chi connectivity index (χ3v) is 3.41. The Morgan fingerprint density at radius 3 is 2.43 bits per heavy atom. The lowest BCUT2D eigenvalue weighted by Crippen LogP contribution is -2.17. The normalized spacial score (nSPS) is 12.3. The second-order valence-electron chi connectivity index (χ2n) is 5.44. The number of hydrogen-bond donors (Lipinski definition) is 1. The molecule has 3 rings (SSSR count). The molecule has 106 valence electrons. The van der Waals surface area contributed by atoms with Crippen molar-refractivity contribution >= 4 is 10.8 Å². The van der Waals surface area contributed by atoms with Crippen molar-refractivity contribution in [2.75, 3.05) is 0 Å². The molecule has 0 saturated heterocycles. The lowest BCUT2D eigenvalue weighted by Gasteiger charge is -2.10. The summed E-state index contributed by atoms with van der Waals surface area (Å²) in [6.07, 6.45) is 0.856. The highest BCUT2D eigenvalue weighted by molar-refractivity contribution is 5.83. The molecule has 0 aliphatic carbocycles. The molecule has 1 unspecified atom stereocenters. The van der Waals surface area contributed by atoms with Crippen molar-refractivity contribution in [1.29, 1.82) is 0 Å². The lowest BCUT2D eigenvalue weighted by molar-refractivity contribution is 0.482. The summed E-state index contributed by atoms with van der Waals surface area (Å²) < 4.78 is 5.97. The van der Waals surface area contributed by atoms with E-state index < -0.39 is 0 Å². The fraction of sp³-hybridized carbons (Fsp3) is 0.158. The lowest BCUT2D eigenvalue weighted by atomic mass is 10.1. The Morgan fingerprint density at radius 2 is 1.62 bits per heavy atom. The maximum absolute atomic E-state index is 5.97. The number of hydrogen-bond acceptors (Lipinski definition) is 2. The van der Waals surface area contributed by atoms with Crippen LogP contribution in [0.4, 0.5) is 0 Å². The molecule has 21 heavy (non-hydrogen) atoms. The van der Waals surface area contributed by atoms with Gasteiger partial charge in [-0.05, 0) is 53.9 Å². The summed E-state index contributed by atoms with van der Waals surface area (Å²) in [5.74, 6) is 1.70. The van der Waals surface area contributed by atoms with Crippen molar-refractivity contribution in [3.8, 4) is 11.5 Å². The molecule has 0 fully saturated rings. The van der Waals surface area contributed by atoms with E-state index in [2.05, 4.69) is 36.4 Å². The van der Waals surface area contributed by atoms with Gasteiger partial charge >= 0.3 is 0 Å². The van der Waals surface area contributed by atoms with Crippen LogP contribution in [-0.4, -0.2) is 6.04 Å². The Labute approximate surface area is 125 Å². The first-order valence-electron chi connectivity index (χ1n) is 7.22. The zero-order chi connectivity index (χ0) is 14.7. The summed E-state index contributed by atoms with van der Waals surface area (Å²) in [5.41, 5.74) is 7.05. The summed E-state index contributed by atoms with van der Waals surface area (Å²) in [6.45, 7) is 2.01. The summed E-state index contributed by atoms with van der Waals surface area (Å²) >= 11 is 0. The molecule has 2 nitrogen and oxygen atoms in total. The summed E-state index contributed by atoms with van der Waals surface area (Å²) in [5, 5.41) is 2.40. The van der Waals surface area contributed by atoms with Gasteiger partial charge in [-0.2, -0.15) is 0 Å². The molecule has 0 heterocycles. The van der Waals surface area contributed by atoms with E-state index in [1.54, 1.807) is 0 Å². The van der Waals surface area contributed by atoms with Gasteiger partial charge in [-0.25, -0.2) is 0 Å². The van der Waals surface area contributed by atoms with Gasteiger partial charge in [0.05, 0.1) is 0 Å². The van der Waals surface area contributed by atoms with Gasteiger partial charge in [-0.3, -0.25) is 0 Å². The minimum Gasteiger partial charge on any atom is -0.457 e. The number of fused-ring (bicyclic) bond motifs is 1. The zero-order valence-corrected chi connectivity index (χ0v) is 12.1. The summed E-state index contributed by atoms with van der Waals surface area (Å²) in [4.78, 5) is 0. The van der Waals surface area contributed by atoms with Gasteiger partial charge in [0.25, 0.3) is 0 Å². The molecule has 0 saturated carbocycles. The van der Waals surface area contributed by atoms with E-state index in [-0.39, 0.29) is 6.04 Å². The maximum atomic E-state index is 5.97. The molecule has 0 spiro atoms. The number of ether oxygens (including phenoxy) is 1. The molecule has 0 radical (unpaired) electrons. The molecule has 0 aliphatic rings. The largest absolute Gasteiger partial charge is 0.457 e. The van der Waals surface area contributed by atoms with E-state index in [4.69, 9.17) is 10.5 Å². The summed E-state index contributed by atoms with van der Waals surface area (Å²) in [7, 11) is 0. The van der Waals surface area contributed by atoms with E-state index >= 15 is 0 Å². The van der Waals surface area contributed by atoms with Crippen molar-refractivity contribution in [1.82, 2.24) is 0 Å². The molecular formula is C19H19NO. The van der Waals surface area contributed by atoms with Crippen LogP contribution < -0.4 is 10.5 Å². The maximum Gasteiger partial charge on any atom is 0.128 e. The van der Waals surface area contributed by atoms with Crippen molar-refractivity contribution < 1.29 is 4.74 Å². The van der Waals surface area contributed by atoms with Crippen LogP contribution in [0.3, 0.4) is 0 Å². The Balaban J connectivity index is 1.84. The number of rotatable bonds is 4. The van der Waals surface area contributed by atoms with E-state index in [0.29, 0.717) is 0 Å². The minimum absolute atomic E-state index is 0.154. The predicted molar refractivity (Wildman–Crippen MR) is 87.8 cm³/mol. The molecule has 3 aromatic rings. The van der Waals surface area contributed by atoms with Gasteiger partial charge in [0.1, 0.15) is 11.5 Å². The first kappa shape index (κ1) is 13.7. The first-order chi connectivity index (χ1) is 10.2. The van der Waals surface area contributed by atoms with Crippen molar-refractivity contribution in [3.05, 3.63) is 72.3 Å². The van der Waals surface area contributed by atoms with E-state index in [1.165, 1.54) is 16.3 Å². The molecule has 0 amide bonds. The third-order valence-electron chi connectivity index (χ3n) is 3.41. The van der Waals surface area contributed by atoms with Gasteiger partial charge < -0.3 is 10.5 Å². The van der Waals surface area contributed by atoms with Crippen LogP contribution in [0.25, 0.3) is 10.8 Å². The number of nitrogens with two attached hydrogens (primary N) is 1. The van der Waals surface area contributed by atoms with E-state index in [9.17, 15) is 0 Å². The van der Waals surface area contributed by atoms with Crippen LogP contribution in [0, 0.1) is 0 Å². The van der Waals surface area contributed by atoms with Gasteiger partial charge in [0.2, 0.25) is 0 Å². The van der Waals surface area contributed by atoms with Crippen LogP contribution in [0.2, 0.25) is 0 Å². The molecule has 1 atom stereocenters. The van der Waals surface area contributed by atoms with Gasteiger partial charge in [-0.1, -0.05) is 42.5 Å². The van der Waals surface area contributed by atoms with Crippen LogP contribution >= 0.6 is 0 Å². The molecule has 2 N–H and O–H groups in total. The van der Waals surface area contributed by atoms with Crippen molar-refractivity contribution in [2.24, 2.45) is 5.73 Å². The highest BCUT2D eigenvalue weighted by atomic mass is 16.5. The fourth-order valence-electron chi connectivity index (χ4n) is 2.47. The SMILES string of the molecule is CC(N)Cc1cccc(Oc2ccc3ccccc3c2)c1. The Morgan fingerprint density at radius 1 is 0.857 bits per heavy atom. The van der Waals surface area contributed by atoms with Crippen LogP contribution in [0.15, 0.2) is 66.7 Å². The summed E-state index contributed by atoms with van der Waals surface area (Å²) in [6, 6.07) is 22.7. The van der Waals surface area contributed by atoms with Crippen LogP contribution in [0.5, 0.6) is 11.5 Å². The molecule has 2 heteroatoms. The fourth-order valence-corrected chi connectivity index (χ4v) is 2.47. The average Bonchev–Trinajstić information content (AvgIpc) is 2.47. The van der Waals surface area contributed by atoms with Crippen molar-refractivity contribution in [2.45, 2.75) is 19.4 Å². The molecular weight excluding hydrogens is 258 g/mol. The molecule has 3 aromatic carbocycles. The second kappa shape index (κ2) is 5.98. The first-order valence-corrected chi connectivity index (χ1v) is 7.22. The molecule has 0 bridgehead atoms. The smallest absolute Gasteiger partial charge is 0.128 e. The highest BCUT2D eigenvalue weighted by Crippen LogP contribution is 2.26. The average molecular weight is 277 g/mol. The Bertz CT molecular complexity index is 749. The van der Waals surface area contributed by atoms with Crippen LogP contribution in [-0.2, 0) is 6.42 Å². The molecule has 0 aromatic heterocycles. The number of benzene rings is 3. The standard InChI is InChI=1S/C19H19NO/c1-14(20)11-15-5-4-8-18(12-15)21-19-10-9-16-6-2-3-7-17(16)13-19/h2-10,12-14H,11,20H2,1H3. The third kappa shape index (κ3) is 3.41. The monoisotopic (exact) mass is 277 g/mol. The molecule has 0 aliphatic heterocycles. The minimum atomic E-state index is 0.154. The zero-order valence-electron chi connectivity index (χ0n) is 12.1. The quantitative estimate of drug-likeness (QED) is 0.761. The van der Waals surface area contributed by atoms with Gasteiger partial charge in [0.15, 0.2) is 0 Å². The topological polar surface area (TPSA) is 35.2 Å². The highest BCUT2D eigenvalue weighted by Gasteiger charge is 2.02. The Kier molecular flexibility index (Phi) is 3.89. The van der Waals surface area contributed by atoms with Crippen LogP contribution in [0.1, 0.15) is 12.5 Å². The van der Waals surface area contributed by atoms with Crippen molar-refractivity contribution in [3.63, 3.8) is 0 Å².